The highest BCUT2D eigenvalue weighted by Crippen LogP contribution is 2.34. The molecule has 1 aliphatic heterocycles. The van der Waals surface area contributed by atoms with Crippen LogP contribution in [0.3, 0.4) is 0 Å². The van der Waals surface area contributed by atoms with Crippen LogP contribution >= 0.6 is 0 Å². The summed E-state index contributed by atoms with van der Waals surface area (Å²) < 4.78 is 5.74. The van der Waals surface area contributed by atoms with Crippen LogP contribution in [0.15, 0.2) is 24.3 Å². The van der Waals surface area contributed by atoms with Crippen molar-refractivity contribution in [3.8, 4) is 5.75 Å². The fourth-order valence-corrected chi connectivity index (χ4v) is 3.40. The lowest BCUT2D eigenvalue weighted by Crippen LogP contribution is -2.37. The molecule has 0 spiro atoms. The van der Waals surface area contributed by atoms with Gasteiger partial charge >= 0.3 is 0 Å². The molecule has 3 rings (SSSR count). The van der Waals surface area contributed by atoms with Gasteiger partial charge in [0.2, 0.25) is 0 Å². The first kappa shape index (κ1) is 12.0. The van der Waals surface area contributed by atoms with Gasteiger partial charge < -0.3 is 10.1 Å². The molecule has 3 atom stereocenters. The Bertz CT molecular complexity index is 404. The SMILES string of the molecule is CCC1CCCC(NC2COc3ccccc32)C1. The summed E-state index contributed by atoms with van der Waals surface area (Å²) in [7, 11) is 0. The van der Waals surface area contributed by atoms with Crippen LogP contribution in [0.5, 0.6) is 5.75 Å². The summed E-state index contributed by atoms with van der Waals surface area (Å²) in [5.74, 6) is 1.99. The monoisotopic (exact) mass is 245 g/mol. The second-order valence-corrected chi connectivity index (χ2v) is 5.71. The molecule has 1 aromatic rings. The van der Waals surface area contributed by atoms with Crippen molar-refractivity contribution in [2.45, 2.75) is 51.1 Å². The molecule has 1 aromatic carbocycles. The number of nitrogens with one attached hydrogen (secondary N) is 1. The zero-order chi connectivity index (χ0) is 12.4. The zero-order valence-electron chi connectivity index (χ0n) is 11.2. The van der Waals surface area contributed by atoms with E-state index in [2.05, 4.69) is 36.5 Å². The van der Waals surface area contributed by atoms with E-state index in [1.165, 1.54) is 37.7 Å². The second-order valence-electron chi connectivity index (χ2n) is 5.71. The van der Waals surface area contributed by atoms with E-state index in [4.69, 9.17) is 4.74 Å². The summed E-state index contributed by atoms with van der Waals surface area (Å²) in [5, 5.41) is 3.81. The number of ether oxygens (including phenoxy) is 1. The van der Waals surface area contributed by atoms with Gasteiger partial charge in [0.15, 0.2) is 0 Å². The van der Waals surface area contributed by atoms with Crippen LogP contribution in [0.25, 0.3) is 0 Å². The van der Waals surface area contributed by atoms with Gasteiger partial charge in [-0.1, -0.05) is 44.4 Å². The number of hydrogen-bond acceptors (Lipinski definition) is 2. The Morgan fingerprint density at radius 3 is 3.06 bits per heavy atom. The van der Waals surface area contributed by atoms with E-state index in [0.717, 1.165) is 18.3 Å². The number of rotatable bonds is 3. The number of hydrogen-bond donors (Lipinski definition) is 1. The molecule has 0 saturated heterocycles. The van der Waals surface area contributed by atoms with Crippen LogP contribution in [0.2, 0.25) is 0 Å². The predicted molar refractivity (Wildman–Crippen MR) is 73.9 cm³/mol. The maximum absolute atomic E-state index is 5.74. The average molecular weight is 245 g/mol. The third kappa shape index (κ3) is 2.39. The fraction of sp³-hybridized carbons (Fsp3) is 0.625. The van der Waals surface area contributed by atoms with Crippen LogP contribution in [-0.2, 0) is 0 Å². The minimum Gasteiger partial charge on any atom is -0.491 e. The van der Waals surface area contributed by atoms with Gasteiger partial charge in [-0.3, -0.25) is 0 Å². The molecule has 2 aliphatic rings. The quantitative estimate of drug-likeness (QED) is 0.877. The maximum atomic E-state index is 5.74. The molecule has 1 aliphatic carbocycles. The average Bonchev–Trinajstić information content (AvgIpc) is 2.83. The first-order valence-electron chi connectivity index (χ1n) is 7.34. The molecule has 0 bridgehead atoms. The molecule has 1 N–H and O–H groups in total. The van der Waals surface area contributed by atoms with Crippen molar-refractivity contribution in [3.63, 3.8) is 0 Å². The van der Waals surface area contributed by atoms with Crippen LogP contribution in [0.1, 0.15) is 50.6 Å². The van der Waals surface area contributed by atoms with Crippen LogP contribution in [0, 0.1) is 5.92 Å². The highest BCUT2D eigenvalue weighted by molar-refractivity contribution is 5.39. The Hall–Kier alpha value is -1.02. The summed E-state index contributed by atoms with van der Waals surface area (Å²) in [6.45, 7) is 3.12. The maximum Gasteiger partial charge on any atom is 0.124 e. The van der Waals surface area contributed by atoms with Gasteiger partial charge in [-0.05, 0) is 24.8 Å². The van der Waals surface area contributed by atoms with Crippen molar-refractivity contribution in [1.29, 1.82) is 0 Å². The molecule has 18 heavy (non-hydrogen) atoms. The summed E-state index contributed by atoms with van der Waals surface area (Å²) in [6.07, 6.45) is 6.80. The summed E-state index contributed by atoms with van der Waals surface area (Å²) in [4.78, 5) is 0. The third-order valence-electron chi connectivity index (χ3n) is 4.50. The lowest BCUT2D eigenvalue weighted by molar-refractivity contribution is 0.239. The Kier molecular flexibility index (Phi) is 3.55. The molecule has 1 saturated carbocycles. The van der Waals surface area contributed by atoms with Gasteiger partial charge in [0.1, 0.15) is 12.4 Å². The van der Waals surface area contributed by atoms with Gasteiger partial charge in [-0.15, -0.1) is 0 Å². The minimum atomic E-state index is 0.404. The lowest BCUT2D eigenvalue weighted by Gasteiger charge is -2.31. The summed E-state index contributed by atoms with van der Waals surface area (Å²) in [5.41, 5.74) is 1.34. The van der Waals surface area contributed by atoms with E-state index in [9.17, 15) is 0 Å². The van der Waals surface area contributed by atoms with E-state index in [-0.39, 0.29) is 0 Å². The molecule has 0 aromatic heterocycles. The molecule has 2 nitrogen and oxygen atoms in total. The van der Waals surface area contributed by atoms with Crippen LogP contribution in [-0.4, -0.2) is 12.6 Å². The van der Waals surface area contributed by atoms with E-state index in [1.807, 2.05) is 0 Å². The highest BCUT2D eigenvalue weighted by Gasteiger charge is 2.28. The first-order valence-corrected chi connectivity index (χ1v) is 7.34. The Morgan fingerprint density at radius 2 is 2.17 bits per heavy atom. The molecule has 98 valence electrons. The molecule has 2 heteroatoms. The Morgan fingerprint density at radius 1 is 1.28 bits per heavy atom. The molecule has 3 unspecified atom stereocenters. The molecule has 0 amide bonds. The number of fused-ring (bicyclic) bond motifs is 1. The van der Waals surface area contributed by atoms with E-state index < -0.39 is 0 Å². The molecular formula is C16H23NO. The van der Waals surface area contributed by atoms with Crippen molar-refractivity contribution >= 4 is 0 Å². The van der Waals surface area contributed by atoms with E-state index in [0.29, 0.717) is 12.1 Å². The predicted octanol–water partition coefficient (Wildman–Crippen LogP) is 3.68. The van der Waals surface area contributed by atoms with E-state index in [1.54, 1.807) is 0 Å². The van der Waals surface area contributed by atoms with Crippen molar-refractivity contribution in [2.75, 3.05) is 6.61 Å². The van der Waals surface area contributed by atoms with Crippen molar-refractivity contribution < 1.29 is 4.74 Å². The van der Waals surface area contributed by atoms with Gasteiger partial charge in [0, 0.05) is 11.6 Å². The third-order valence-corrected chi connectivity index (χ3v) is 4.50. The number of benzene rings is 1. The summed E-state index contributed by atoms with van der Waals surface area (Å²) in [6, 6.07) is 9.52. The minimum absolute atomic E-state index is 0.404. The van der Waals surface area contributed by atoms with Crippen LogP contribution < -0.4 is 10.1 Å². The van der Waals surface area contributed by atoms with Gasteiger partial charge in [0.25, 0.3) is 0 Å². The second kappa shape index (κ2) is 5.31. The number of para-hydroxylation sites is 1. The zero-order valence-corrected chi connectivity index (χ0v) is 11.2. The molecule has 1 heterocycles. The van der Waals surface area contributed by atoms with Gasteiger partial charge in [-0.25, -0.2) is 0 Å². The van der Waals surface area contributed by atoms with Crippen molar-refractivity contribution in [1.82, 2.24) is 5.32 Å². The van der Waals surface area contributed by atoms with Crippen molar-refractivity contribution in [2.24, 2.45) is 5.92 Å². The van der Waals surface area contributed by atoms with E-state index >= 15 is 0 Å². The lowest BCUT2D eigenvalue weighted by atomic mass is 9.84. The molecular weight excluding hydrogens is 222 g/mol. The standard InChI is InChI=1S/C16H23NO/c1-2-12-6-5-7-13(10-12)17-15-11-18-16-9-4-3-8-14(15)16/h3-4,8-9,12-13,15,17H,2,5-7,10-11H2,1H3. The molecule has 0 radical (unpaired) electrons. The topological polar surface area (TPSA) is 21.3 Å². The smallest absolute Gasteiger partial charge is 0.124 e. The molecule has 1 fully saturated rings. The van der Waals surface area contributed by atoms with Gasteiger partial charge in [0.05, 0.1) is 6.04 Å². The Balaban J connectivity index is 1.64. The van der Waals surface area contributed by atoms with Crippen LogP contribution in [0.4, 0.5) is 0 Å². The normalized spacial score (nSPS) is 30.8. The van der Waals surface area contributed by atoms with Crippen molar-refractivity contribution in [3.05, 3.63) is 29.8 Å². The first-order chi connectivity index (χ1) is 8.86. The van der Waals surface area contributed by atoms with Gasteiger partial charge in [-0.2, -0.15) is 0 Å². The largest absolute Gasteiger partial charge is 0.491 e. The fourth-order valence-electron chi connectivity index (χ4n) is 3.40. The summed E-state index contributed by atoms with van der Waals surface area (Å²) >= 11 is 0. The Labute approximate surface area is 110 Å². The highest BCUT2D eigenvalue weighted by atomic mass is 16.5.